The Hall–Kier alpha value is -1.77. The molecule has 0 unspecified atom stereocenters. The maximum atomic E-state index is 10.7. The number of H-pyrrole nitrogens is 1. The highest BCUT2D eigenvalue weighted by Crippen LogP contribution is 2.63. The molecule has 1 aromatic carbocycles. The minimum atomic E-state index is -0.998. The maximum Gasteiger partial charge on any atom is 0.508 e. The number of hydrogen-bond acceptors (Lipinski definition) is 3. The molecule has 1 heterocycles. The zero-order chi connectivity index (χ0) is 17.1. The summed E-state index contributed by atoms with van der Waals surface area (Å²) in [5, 5.41) is 20.7. The number of hydrogen-bond donors (Lipinski definition) is 2. The highest BCUT2D eigenvalue weighted by molar-refractivity contribution is 6.59. The van der Waals surface area contributed by atoms with Gasteiger partial charge in [0.15, 0.2) is 0 Å². The fourth-order valence-corrected chi connectivity index (χ4v) is 5.04. The first-order valence-corrected chi connectivity index (χ1v) is 8.73. The van der Waals surface area contributed by atoms with Crippen molar-refractivity contribution < 1.29 is 9.68 Å². The van der Waals surface area contributed by atoms with Gasteiger partial charge in [0.05, 0.1) is 17.2 Å². The van der Waals surface area contributed by atoms with Gasteiger partial charge in [-0.05, 0) is 61.6 Å². The first-order valence-electron chi connectivity index (χ1n) is 8.73. The normalized spacial score (nSPS) is 30.6. The smallest absolute Gasteiger partial charge is 0.422 e. The molecule has 4 nitrogen and oxygen atoms in total. The summed E-state index contributed by atoms with van der Waals surface area (Å²) in [5.74, 6) is 1.28. The van der Waals surface area contributed by atoms with E-state index in [-0.39, 0.29) is 5.60 Å². The first-order chi connectivity index (χ1) is 11.3. The van der Waals surface area contributed by atoms with Crippen LogP contribution in [0.2, 0.25) is 0 Å². The summed E-state index contributed by atoms with van der Waals surface area (Å²) in [5.41, 5.74) is 2.07. The quantitative estimate of drug-likeness (QED) is 0.854. The van der Waals surface area contributed by atoms with Crippen molar-refractivity contribution >= 4 is 23.6 Å². The number of nitrogens with zero attached hydrogens (tertiary/aromatic N) is 1. The number of benzene rings is 1. The van der Waals surface area contributed by atoms with Crippen molar-refractivity contribution in [3.63, 3.8) is 0 Å². The van der Waals surface area contributed by atoms with E-state index in [4.69, 9.17) is 4.65 Å². The third-order valence-electron chi connectivity index (χ3n) is 6.65. The van der Waals surface area contributed by atoms with Gasteiger partial charge in [-0.25, -0.2) is 0 Å². The lowest BCUT2D eigenvalue weighted by molar-refractivity contribution is -0.185. The predicted octanol–water partition coefficient (Wildman–Crippen LogP) is 2.96. The van der Waals surface area contributed by atoms with Crippen molar-refractivity contribution in [2.45, 2.75) is 45.6 Å². The largest absolute Gasteiger partial charge is 0.508 e. The number of aromatic nitrogens is 1. The summed E-state index contributed by atoms with van der Waals surface area (Å²) in [4.78, 5) is 3.20. The summed E-state index contributed by atoms with van der Waals surface area (Å²) >= 11 is 0. The Morgan fingerprint density at radius 3 is 2.83 bits per heavy atom. The van der Waals surface area contributed by atoms with Crippen molar-refractivity contribution in [3.8, 4) is 6.07 Å². The van der Waals surface area contributed by atoms with Gasteiger partial charge >= 0.3 is 7.12 Å². The minimum absolute atomic E-state index is 0.293. The predicted molar refractivity (Wildman–Crippen MR) is 94.7 cm³/mol. The second-order valence-electron chi connectivity index (χ2n) is 8.23. The van der Waals surface area contributed by atoms with Crippen LogP contribution in [0.15, 0.2) is 24.3 Å². The van der Waals surface area contributed by atoms with Crippen LogP contribution in [0.25, 0.3) is 10.9 Å². The van der Waals surface area contributed by atoms with E-state index in [0.29, 0.717) is 22.5 Å². The lowest BCUT2D eigenvalue weighted by atomic mass is 9.44. The lowest BCUT2D eigenvalue weighted by Gasteiger charge is -2.64. The number of aromatic amines is 1. The van der Waals surface area contributed by atoms with Crippen molar-refractivity contribution in [3.05, 3.63) is 29.8 Å². The van der Waals surface area contributed by atoms with Crippen LogP contribution in [-0.4, -0.2) is 22.7 Å². The van der Waals surface area contributed by atoms with Crippen LogP contribution in [0.1, 0.15) is 45.6 Å². The molecule has 0 aliphatic heterocycles. The molecular weight excluding hydrogens is 299 g/mol. The van der Waals surface area contributed by atoms with Crippen LogP contribution in [0, 0.1) is 28.6 Å². The molecule has 3 aliphatic rings. The van der Waals surface area contributed by atoms with Crippen molar-refractivity contribution in [1.82, 2.24) is 4.98 Å². The molecule has 0 amide bonds. The Balaban J connectivity index is 1.61. The van der Waals surface area contributed by atoms with Gasteiger partial charge in [0, 0.05) is 16.5 Å². The second kappa shape index (κ2) is 5.11. The molecule has 2 bridgehead atoms. The summed E-state index contributed by atoms with van der Waals surface area (Å²) in [6.45, 7) is 6.78. The average Bonchev–Trinajstić information content (AvgIpc) is 2.98. The van der Waals surface area contributed by atoms with Crippen molar-refractivity contribution in [2.24, 2.45) is 17.3 Å². The van der Waals surface area contributed by atoms with E-state index in [0.717, 1.165) is 29.7 Å². The number of nitrogens with one attached hydrogen (secondary N) is 1. The van der Waals surface area contributed by atoms with E-state index >= 15 is 0 Å². The molecule has 3 fully saturated rings. The molecule has 3 aliphatic carbocycles. The topological polar surface area (TPSA) is 69.0 Å². The van der Waals surface area contributed by atoms with Gasteiger partial charge in [0.2, 0.25) is 0 Å². The molecule has 5 rings (SSSR count). The molecule has 0 saturated heterocycles. The van der Waals surface area contributed by atoms with Gasteiger partial charge in [0.25, 0.3) is 0 Å². The third kappa shape index (κ3) is 2.13. The van der Waals surface area contributed by atoms with Gasteiger partial charge in [-0.2, -0.15) is 5.26 Å². The highest BCUT2D eigenvalue weighted by Gasteiger charge is 2.60. The number of rotatable bonds is 3. The molecular formula is C19H23BN2O2. The summed E-state index contributed by atoms with van der Waals surface area (Å²) in [6.07, 6.45) is 3.35. The van der Waals surface area contributed by atoms with Crippen molar-refractivity contribution in [1.29, 1.82) is 5.26 Å². The van der Waals surface area contributed by atoms with E-state index in [2.05, 4.69) is 31.8 Å². The minimum Gasteiger partial charge on any atom is -0.422 e. The van der Waals surface area contributed by atoms with Crippen LogP contribution >= 0.6 is 0 Å². The zero-order valence-corrected chi connectivity index (χ0v) is 14.5. The van der Waals surface area contributed by atoms with Crippen LogP contribution in [-0.2, 0) is 4.65 Å². The van der Waals surface area contributed by atoms with E-state index in [1.54, 1.807) is 6.07 Å². The van der Waals surface area contributed by atoms with E-state index in [1.807, 2.05) is 18.2 Å². The molecule has 3 saturated carbocycles. The van der Waals surface area contributed by atoms with Crippen LogP contribution in [0.5, 0.6) is 0 Å². The molecule has 0 spiro atoms. The molecule has 3 atom stereocenters. The SMILES string of the molecule is CC1(C)[C@H]2CC[C@@](C)(OB(O)c3cc4c(C#N)cccc4[nH]3)[C@H]1C2. The monoisotopic (exact) mass is 322 g/mol. The van der Waals surface area contributed by atoms with Crippen LogP contribution < -0.4 is 5.59 Å². The molecule has 124 valence electrons. The summed E-state index contributed by atoms with van der Waals surface area (Å²) in [7, 11) is -0.998. The first kappa shape index (κ1) is 15.7. The number of nitriles is 1. The molecule has 0 radical (unpaired) electrons. The fourth-order valence-electron chi connectivity index (χ4n) is 5.04. The molecule has 24 heavy (non-hydrogen) atoms. The maximum absolute atomic E-state index is 10.7. The lowest BCUT2D eigenvalue weighted by Crippen LogP contribution is -2.63. The fraction of sp³-hybridized carbons (Fsp3) is 0.526. The van der Waals surface area contributed by atoms with Gasteiger partial charge in [-0.15, -0.1) is 0 Å². The summed E-state index contributed by atoms with van der Waals surface area (Å²) in [6, 6.07) is 9.56. The Bertz CT molecular complexity index is 835. The van der Waals surface area contributed by atoms with Crippen LogP contribution in [0.3, 0.4) is 0 Å². The molecule has 1 aromatic heterocycles. The molecule has 5 heteroatoms. The van der Waals surface area contributed by atoms with Crippen molar-refractivity contribution in [2.75, 3.05) is 0 Å². The summed E-state index contributed by atoms with van der Waals surface area (Å²) < 4.78 is 6.20. The standard InChI is InChI=1S/C19H23BN2O2/c1-18(2)13-7-8-19(3,16(18)9-13)24-20(23)17-10-14-12(11-21)5-4-6-15(14)22-17/h4-6,10,13,16,22-23H,7-9H2,1-3H3/t13-,16-,19+/m0/s1. The zero-order valence-electron chi connectivity index (χ0n) is 14.5. The Morgan fingerprint density at radius 2 is 2.17 bits per heavy atom. The molecule has 2 N–H and O–H groups in total. The van der Waals surface area contributed by atoms with E-state index in [9.17, 15) is 10.3 Å². The number of fused-ring (bicyclic) bond motifs is 3. The molecule has 2 aromatic rings. The Morgan fingerprint density at radius 1 is 1.38 bits per heavy atom. The van der Waals surface area contributed by atoms with Gasteiger partial charge < -0.3 is 14.7 Å². The van der Waals surface area contributed by atoms with E-state index in [1.165, 1.54) is 6.42 Å². The highest BCUT2D eigenvalue weighted by atomic mass is 16.5. The van der Waals surface area contributed by atoms with E-state index < -0.39 is 7.12 Å². The van der Waals surface area contributed by atoms with Gasteiger partial charge in [-0.1, -0.05) is 19.9 Å². The van der Waals surface area contributed by atoms with Gasteiger partial charge in [0.1, 0.15) is 0 Å². The Labute approximate surface area is 143 Å². The van der Waals surface area contributed by atoms with Crippen LogP contribution in [0.4, 0.5) is 0 Å². The second-order valence-corrected chi connectivity index (χ2v) is 8.23. The average molecular weight is 322 g/mol. The Kier molecular flexibility index (Phi) is 3.35. The third-order valence-corrected chi connectivity index (χ3v) is 6.65. The van der Waals surface area contributed by atoms with Gasteiger partial charge in [-0.3, -0.25) is 0 Å².